The third-order valence-electron chi connectivity index (χ3n) is 3.62. The van der Waals surface area contributed by atoms with E-state index in [1.54, 1.807) is 0 Å². The molecule has 1 N–H and O–H groups in total. The first-order valence-corrected chi connectivity index (χ1v) is 7.38. The van der Waals surface area contributed by atoms with Gasteiger partial charge in [0.25, 0.3) is 0 Å². The van der Waals surface area contributed by atoms with Crippen molar-refractivity contribution in [2.24, 2.45) is 0 Å². The van der Waals surface area contributed by atoms with Crippen molar-refractivity contribution in [1.82, 2.24) is 14.8 Å². The molecule has 0 aliphatic heterocycles. The van der Waals surface area contributed by atoms with Gasteiger partial charge < -0.3 is 5.11 Å². The number of aliphatic hydroxyl groups excluding tert-OH is 1. The normalized spacial score (nSPS) is 14.2. The molecule has 0 aliphatic carbocycles. The summed E-state index contributed by atoms with van der Waals surface area (Å²) in [5.74, 6) is 1.80. The highest BCUT2D eigenvalue weighted by molar-refractivity contribution is 5.18. The quantitative estimate of drug-likeness (QED) is 0.880. The predicted octanol–water partition coefficient (Wildman–Crippen LogP) is 3.09. The van der Waals surface area contributed by atoms with Crippen LogP contribution < -0.4 is 0 Å². The largest absolute Gasteiger partial charge is 0.386 e. The summed E-state index contributed by atoms with van der Waals surface area (Å²) in [4.78, 5) is 4.53. The van der Waals surface area contributed by atoms with Crippen molar-refractivity contribution in [1.29, 1.82) is 0 Å². The molecule has 4 heteroatoms. The molecular weight excluding hydrogens is 250 g/mol. The molecule has 0 radical (unpaired) electrons. The molecule has 1 heterocycles. The summed E-state index contributed by atoms with van der Waals surface area (Å²) in [6.45, 7) is 6.19. The SMILES string of the molecule is CCc1nc(CC)n(C(CC)C(O)c2ccccc2)n1. The number of aromatic nitrogens is 3. The molecule has 2 unspecified atom stereocenters. The van der Waals surface area contributed by atoms with Gasteiger partial charge in [0.15, 0.2) is 5.82 Å². The lowest BCUT2D eigenvalue weighted by Crippen LogP contribution is -2.20. The third kappa shape index (κ3) is 2.90. The summed E-state index contributed by atoms with van der Waals surface area (Å²) >= 11 is 0. The lowest BCUT2D eigenvalue weighted by Gasteiger charge is -2.23. The van der Waals surface area contributed by atoms with Crippen molar-refractivity contribution in [3.8, 4) is 0 Å². The van der Waals surface area contributed by atoms with Crippen LogP contribution in [0.25, 0.3) is 0 Å². The number of aliphatic hydroxyl groups is 1. The molecule has 1 aromatic carbocycles. The average Bonchev–Trinajstić information content (AvgIpc) is 2.92. The Bertz CT molecular complexity index is 536. The third-order valence-corrected chi connectivity index (χ3v) is 3.62. The number of benzene rings is 1. The Kier molecular flexibility index (Phi) is 4.90. The molecule has 0 amide bonds. The predicted molar refractivity (Wildman–Crippen MR) is 79.5 cm³/mol. The van der Waals surface area contributed by atoms with Crippen LogP contribution in [0.2, 0.25) is 0 Å². The second-order valence-corrected chi connectivity index (χ2v) is 4.93. The van der Waals surface area contributed by atoms with Crippen molar-refractivity contribution < 1.29 is 5.11 Å². The van der Waals surface area contributed by atoms with Gasteiger partial charge >= 0.3 is 0 Å². The Morgan fingerprint density at radius 3 is 2.35 bits per heavy atom. The summed E-state index contributed by atoms with van der Waals surface area (Å²) in [5, 5.41) is 15.2. The van der Waals surface area contributed by atoms with Crippen LogP contribution in [0.1, 0.15) is 56.6 Å². The van der Waals surface area contributed by atoms with Gasteiger partial charge in [-0.05, 0) is 12.0 Å². The fraction of sp³-hybridized carbons (Fsp3) is 0.500. The van der Waals surface area contributed by atoms with Gasteiger partial charge in [-0.3, -0.25) is 0 Å². The minimum absolute atomic E-state index is 0.0693. The molecule has 20 heavy (non-hydrogen) atoms. The highest BCUT2D eigenvalue weighted by Crippen LogP contribution is 2.29. The van der Waals surface area contributed by atoms with Crippen LogP contribution in [0.5, 0.6) is 0 Å². The average molecular weight is 273 g/mol. The molecular formula is C16H23N3O. The van der Waals surface area contributed by atoms with Crippen LogP contribution in [0.15, 0.2) is 30.3 Å². The zero-order valence-corrected chi connectivity index (χ0v) is 12.5. The molecule has 0 aliphatic rings. The summed E-state index contributed by atoms with van der Waals surface area (Å²) in [6.07, 6.45) is 1.90. The van der Waals surface area contributed by atoms with E-state index in [0.29, 0.717) is 0 Å². The van der Waals surface area contributed by atoms with Crippen molar-refractivity contribution in [2.75, 3.05) is 0 Å². The lowest BCUT2D eigenvalue weighted by atomic mass is 10.0. The first-order valence-electron chi connectivity index (χ1n) is 7.38. The van der Waals surface area contributed by atoms with Gasteiger partial charge in [-0.15, -0.1) is 0 Å². The minimum atomic E-state index is -0.557. The maximum Gasteiger partial charge on any atom is 0.150 e. The van der Waals surface area contributed by atoms with Crippen LogP contribution in [-0.2, 0) is 12.8 Å². The molecule has 0 fully saturated rings. The van der Waals surface area contributed by atoms with Gasteiger partial charge in [-0.2, -0.15) is 5.10 Å². The molecule has 1 aromatic heterocycles. The molecule has 0 saturated heterocycles. The van der Waals surface area contributed by atoms with Crippen molar-refractivity contribution >= 4 is 0 Å². The molecule has 4 nitrogen and oxygen atoms in total. The van der Waals surface area contributed by atoms with Crippen LogP contribution in [0.4, 0.5) is 0 Å². The van der Waals surface area contributed by atoms with Crippen LogP contribution in [0, 0.1) is 0 Å². The highest BCUT2D eigenvalue weighted by atomic mass is 16.3. The second-order valence-electron chi connectivity index (χ2n) is 4.93. The standard InChI is InChI=1S/C16H23N3O/c1-4-13(16(20)12-10-8-7-9-11-12)19-15(6-3)17-14(5-2)18-19/h7-11,13,16,20H,4-6H2,1-3H3. The first-order chi connectivity index (χ1) is 9.71. The van der Waals surface area contributed by atoms with Gasteiger partial charge in [-0.1, -0.05) is 51.1 Å². The molecule has 0 saturated carbocycles. The number of hydrogen-bond acceptors (Lipinski definition) is 3. The smallest absolute Gasteiger partial charge is 0.150 e. The Morgan fingerprint density at radius 2 is 1.80 bits per heavy atom. The molecule has 108 valence electrons. The van der Waals surface area contributed by atoms with Crippen LogP contribution >= 0.6 is 0 Å². The first kappa shape index (κ1) is 14.7. The minimum Gasteiger partial charge on any atom is -0.386 e. The maximum absolute atomic E-state index is 10.6. The monoisotopic (exact) mass is 273 g/mol. The van der Waals surface area contributed by atoms with E-state index in [1.165, 1.54) is 0 Å². The number of aryl methyl sites for hydroxylation is 2. The molecule has 2 rings (SSSR count). The number of rotatable bonds is 6. The van der Waals surface area contributed by atoms with E-state index < -0.39 is 6.10 Å². The lowest BCUT2D eigenvalue weighted by molar-refractivity contribution is 0.102. The van der Waals surface area contributed by atoms with Gasteiger partial charge in [0, 0.05) is 12.8 Å². The van der Waals surface area contributed by atoms with E-state index in [1.807, 2.05) is 41.9 Å². The highest BCUT2D eigenvalue weighted by Gasteiger charge is 2.24. The Hall–Kier alpha value is -1.68. The Labute approximate surface area is 120 Å². The van der Waals surface area contributed by atoms with E-state index in [2.05, 4.69) is 23.9 Å². The van der Waals surface area contributed by atoms with Crippen molar-refractivity contribution in [3.63, 3.8) is 0 Å². The molecule has 0 bridgehead atoms. The summed E-state index contributed by atoms with van der Waals surface area (Å²) in [5.41, 5.74) is 0.926. The van der Waals surface area contributed by atoms with Gasteiger partial charge in [0.1, 0.15) is 11.9 Å². The summed E-state index contributed by atoms with van der Waals surface area (Å²) in [7, 11) is 0. The fourth-order valence-corrected chi connectivity index (χ4v) is 2.46. The maximum atomic E-state index is 10.6. The number of nitrogens with zero attached hydrogens (tertiary/aromatic N) is 3. The summed E-state index contributed by atoms with van der Waals surface area (Å²) in [6, 6.07) is 9.70. The molecule has 2 atom stereocenters. The Balaban J connectivity index is 2.34. The van der Waals surface area contributed by atoms with E-state index in [0.717, 1.165) is 36.5 Å². The van der Waals surface area contributed by atoms with E-state index in [-0.39, 0.29) is 6.04 Å². The van der Waals surface area contributed by atoms with E-state index >= 15 is 0 Å². The molecule has 0 spiro atoms. The topological polar surface area (TPSA) is 50.9 Å². The van der Waals surface area contributed by atoms with E-state index in [9.17, 15) is 5.11 Å². The van der Waals surface area contributed by atoms with Crippen molar-refractivity contribution in [3.05, 3.63) is 47.5 Å². The fourth-order valence-electron chi connectivity index (χ4n) is 2.46. The second kappa shape index (κ2) is 6.66. The number of hydrogen-bond donors (Lipinski definition) is 1. The van der Waals surface area contributed by atoms with Gasteiger partial charge in [-0.25, -0.2) is 9.67 Å². The van der Waals surface area contributed by atoms with Crippen LogP contribution in [-0.4, -0.2) is 19.9 Å². The van der Waals surface area contributed by atoms with Gasteiger partial charge in [0.05, 0.1) is 6.04 Å². The zero-order valence-electron chi connectivity index (χ0n) is 12.5. The van der Waals surface area contributed by atoms with Crippen molar-refractivity contribution in [2.45, 2.75) is 52.2 Å². The van der Waals surface area contributed by atoms with E-state index in [4.69, 9.17) is 0 Å². The van der Waals surface area contributed by atoms with Crippen LogP contribution in [0.3, 0.4) is 0 Å². The molecule has 2 aromatic rings. The van der Waals surface area contributed by atoms with Gasteiger partial charge in [0.2, 0.25) is 0 Å². The Morgan fingerprint density at radius 1 is 1.10 bits per heavy atom. The zero-order chi connectivity index (χ0) is 14.5. The summed E-state index contributed by atoms with van der Waals surface area (Å²) < 4.78 is 1.91.